The monoisotopic (exact) mass is 162 g/mol. The average Bonchev–Trinajstić information content (AvgIpc) is 2.06. The van der Waals surface area contributed by atoms with Gasteiger partial charge in [-0.1, -0.05) is 6.92 Å². The maximum atomic E-state index is 7.57. The highest BCUT2D eigenvalue weighted by atomic mass is 14.7. The van der Waals surface area contributed by atoms with Crippen LogP contribution in [0.3, 0.4) is 0 Å². The number of nitrogen functional groups attached to an aromatic ring is 1. The van der Waals surface area contributed by atoms with Crippen LogP contribution in [0.5, 0.6) is 0 Å². The van der Waals surface area contributed by atoms with Gasteiger partial charge in [0.2, 0.25) is 0 Å². The van der Waals surface area contributed by atoms with Gasteiger partial charge >= 0.3 is 0 Å². The van der Waals surface area contributed by atoms with Crippen LogP contribution < -0.4 is 5.73 Å². The normalized spacial score (nSPS) is 9.75. The third-order valence-electron chi connectivity index (χ3n) is 1.50. The minimum atomic E-state index is 0.525. The summed E-state index contributed by atoms with van der Waals surface area (Å²) in [6, 6.07) is 3.52. The first-order valence-electron chi connectivity index (χ1n) is 3.81. The number of pyridine rings is 1. The smallest absolute Gasteiger partial charge is 0.0838 e. The first-order chi connectivity index (χ1) is 5.74. The Kier molecular flexibility index (Phi) is 2.80. The molecule has 12 heavy (non-hydrogen) atoms. The van der Waals surface area contributed by atoms with Crippen LogP contribution in [0.15, 0.2) is 18.3 Å². The lowest BCUT2D eigenvalue weighted by Gasteiger charge is -2.00. The molecule has 3 heteroatoms. The Bertz CT molecular complexity index is 264. The maximum absolute atomic E-state index is 7.57. The molecule has 0 spiro atoms. The fraction of sp³-hybridized carbons (Fsp3) is 0.222. The van der Waals surface area contributed by atoms with E-state index in [0.29, 0.717) is 23.5 Å². The van der Waals surface area contributed by atoms with Crippen LogP contribution >= 0.6 is 0 Å². The molecule has 1 aromatic rings. The van der Waals surface area contributed by atoms with Gasteiger partial charge in [0.15, 0.2) is 0 Å². The molecule has 0 saturated carbocycles. The Hall–Kier alpha value is -1.38. The van der Waals surface area contributed by atoms with E-state index < -0.39 is 0 Å². The van der Waals surface area contributed by atoms with Crippen LogP contribution in [0.2, 0.25) is 0 Å². The number of aromatic nitrogens is 1. The third kappa shape index (κ3) is 2.05. The molecule has 0 aliphatic heterocycles. The molecule has 3 N–H and O–H groups in total. The van der Waals surface area contributed by atoms with Crippen molar-refractivity contribution in [1.29, 1.82) is 5.41 Å². The van der Waals surface area contributed by atoms with Crippen molar-refractivity contribution in [2.75, 3.05) is 5.73 Å². The molecular formula is C9H12N3. The van der Waals surface area contributed by atoms with Gasteiger partial charge in [-0.05, 0) is 25.0 Å². The fourth-order valence-corrected chi connectivity index (χ4v) is 0.893. The molecule has 1 rings (SSSR count). The molecule has 0 unspecified atom stereocenters. The first-order valence-corrected chi connectivity index (χ1v) is 3.81. The lowest BCUT2D eigenvalue weighted by Crippen LogP contribution is -2.01. The quantitative estimate of drug-likeness (QED) is 0.664. The van der Waals surface area contributed by atoms with Gasteiger partial charge in [-0.3, -0.25) is 4.98 Å². The van der Waals surface area contributed by atoms with Gasteiger partial charge in [0, 0.05) is 0 Å². The Balaban J connectivity index is 2.75. The van der Waals surface area contributed by atoms with Crippen LogP contribution in [-0.2, 0) is 0 Å². The van der Waals surface area contributed by atoms with Crippen LogP contribution in [0.4, 0.5) is 5.69 Å². The van der Waals surface area contributed by atoms with Gasteiger partial charge in [0.05, 0.1) is 23.3 Å². The number of nitrogens with zero attached hydrogens (tertiary/aromatic N) is 1. The van der Waals surface area contributed by atoms with Crippen LogP contribution in [0.1, 0.15) is 19.0 Å². The number of anilines is 1. The third-order valence-corrected chi connectivity index (χ3v) is 1.50. The molecule has 0 fully saturated rings. The van der Waals surface area contributed by atoms with E-state index in [1.807, 2.05) is 13.3 Å². The second kappa shape index (κ2) is 3.85. The summed E-state index contributed by atoms with van der Waals surface area (Å²) < 4.78 is 0. The zero-order valence-electron chi connectivity index (χ0n) is 7.04. The van der Waals surface area contributed by atoms with Gasteiger partial charge < -0.3 is 11.1 Å². The van der Waals surface area contributed by atoms with Crippen LogP contribution in [0.25, 0.3) is 0 Å². The van der Waals surface area contributed by atoms with Crippen molar-refractivity contribution in [3.63, 3.8) is 0 Å². The molecule has 0 aliphatic carbocycles. The van der Waals surface area contributed by atoms with Crippen molar-refractivity contribution in [2.24, 2.45) is 0 Å². The predicted octanol–water partition coefficient (Wildman–Crippen LogP) is 1.65. The highest BCUT2D eigenvalue weighted by Gasteiger charge is 2.00. The number of hydrogen-bond acceptors (Lipinski definition) is 3. The molecule has 1 radical (unpaired) electrons. The van der Waals surface area contributed by atoms with E-state index in [9.17, 15) is 0 Å². The van der Waals surface area contributed by atoms with Crippen LogP contribution in [0, 0.1) is 11.8 Å². The minimum absolute atomic E-state index is 0.525. The van der Waals surface area contributed by atoms with Crippen molar-refractivity contribution >= 4 is 11.4 Å². The Morgan fingerprint density at radius 1 is 1.67 bits per heavy atom. The standard InChI is InChI=1S/C9H12N3/c1-2-3-8(11)9-5-4-7(10)6-12-9/h2,4-6,11H,3,10H2,1H3. The molecule has 0 saturated heterocycles. The minimum Gasteiger partial charge on any atom is -0.397 e. The van der Waals surface area contributed by atoms with Crippen molar-refractivity contribution in [3.8, 4) is 0 Å². The molecule has 0 bridgehead atoms. The Morgan fingerprint density at radius 3 is 2.92 bits per heavy atom. The molecule has 0 aliphatic rings. The van der Waals surface area contributed by atoms with E-state index in [0.717, 1.165) is 0 Å². The topological polar surface area (TPSA) is 62.8 Å². The SMILES string of the molecule is C[CH]CC(=N)c1ccc(N)cn1. The van der Waals surface area contributed by atoms with Crippen molar-refractivity contribution < 1.29 is 0 Å². The summed E-state index contributed by atoms with van der Waals surface area (Å²) in [5, 5.41) is 7.57. The van der Waals surface area contributed by atoms with Crippen molar-refractivity contribution in [1.82, 2.24) is 4.98 Å². The summed E-state index contributed by atoms with van der Waals surface area (Å²) in [4.78, 5) is 4.03. The van der Waals surface area contributed by atoms with Crippen LogP contribution in [-0.4, -0.2) is 10.7 Å². The van der Waals surface area contributed by atoms with E-state index in [-0.39, 0.29) is 0 Å². The van der Waals surface area contributed by atoms with E-state index in [1.165, 1.54) is 0 Å². The highest BCUT2D eigenvalue weighted by molar-refractivity contribution is 5.97. The lowest BCUT2D eigenvalue weighted by molar-refractivity contribution is 1.18. The Labute approximate surface area is 72.1 Å². The van der Waals surface area contributed by atoms with E-state index in [4.69, 9.17) is 11.1 Å². The van der Waals surface area contributed by atoms with Gasteiger partial charge in [0.1, 0.15) is 0 Å². The molecule has 1 aromatic heterocycles. The molecule has 1 heterocycles. The molecule has 0 aromatic carbocycles. The van der Waals surface area contributed by atoms with Gasteiger partial charge in [0.25, 0.3) is 0 Å². The summed E-state index contributed by atoms with van der Waals surface area (Å²) in [6.07, 6.45) is 4.15. The molecular weight excluding hydrogens is 150 g/mol. The summed E-state index contributed by atoms with van der Waals surface area (Å²) in [7, 11) is 0. The average molecular weight is 162 g/mol. The number of hydrogen-bond donors (Lipinski definition) is 2. The predicted molar refractivity (Wildman–Crippen MR) is 50.1 cm³/mol. The van der Waals surface area contributed by atoms with Gasteiger partial charge in [-0.25, -0.2) is 0 Å². The van der Waals surface area contributed by atoms with Gasteiger partial charge in [-0.15, -0.1) is 0 Å². The summed E-state index contributed by atoms with van der Waals surface area (Å²) in [5.74, 6) is 0. The van der Waals surface area contributed by atoms with E-state index >= 15 is 0 Å². The second-order valence-corrected chi connectivity index (χ2v) is 2.57. The zero-order valence-corrected chi connectivity index (χ0v) is 7.04. The van der Waals surface area contributed by atoms with Crippen molar-refractivity contribution in [2.45, 2.75) is 13.3 Å². The highest BCUT2D eigenvalue weighted by Crippen LogP contribution is 2.04. The van der Waals surface area contributed by atoms with E-state index in [2.05, 4.69) is 4.98 Å². The molecule has 0 amide bonds. The second-order valence-electron chi connectivity index (χ2n) is 2.57. The number of nitrogens with two attached hydrogens (primary N) is 1. The summed E-state index contributed by atoms with van der Waals surface area (Å²) >= 11 is 0. The van der Waals surface area contributed by atoms with Gasteiger partial charge in [-0.2, -0.15) is 0 Å². The van der Waals surface area contributed by atoms with E-state index in [1.54, 1.807) is 18.3 Å². The molecule has 63 valence electrons. The fourth-order valence-electron chi connectivity index (χ4n) is 0.893. The number of nitrogens with one attached hydrogen (secondary N) is 1. The summed E-state index contributed by atoms with van der Waals surface area (Å²) in [5.41, 5.74) is 7.31. The van der Waals surface area contributed by atoms with Crippen molar-refractivity contribution in [3.05, 3.63) is 30.4 Å². The molecule has 0 atom stereocenters. The number of rotatable bonds is 3. The summed E-state index contributed by atoms with van der Waals surface area (Å²) in [6.45, 7) is 1.92. The zero-order chi connectivity index (χ0) is 8.97. The largest absolute Gasteiger partial charge is 0.397 e. The lowest BCUT2D eigenvalue weighted by atomic mass is 10.1. The maximum Gasteiger partial charge on any atom is 0.0838 e. The Morgan fingerprint density at radius 2 is 2.42 bits per heavy atom. The first kappa shape index (κ1) is 8.71. The molecule has 3 nitrogen and oxygen atoms in total.